The SMILES string of the molecule is CC(C)COCCCN=C(N)C1CCCC1. The van der Waals surface area contributed by atoms with Gasteiger partial charge in [-0.05, 0) is 25.2 Å². The van der Waals surface area contributed by atoms with Crippen LogP contribution in [-0.2, 0) is 4.74 Å². The van der Waals surface area contributed by atoms with Gasteiger partial charge in [0, 0.05) is 25.7 Å². The first-order chi connectivity index (χ1) is 7.70. The summed E-state index contributed by atoms with van der Waals surface area (Å²) < 4.78 is 5.49. The average Bonchev–Trinajstić information content (AvgIpc) is 2.75. The topological polar surface area (TPSA) is 47.6 Å². The van der Waals surface area contributed by atoms with Gasteiger partial charge in [0.05, 0.1) is 5.84 Å². The molecule has 2 N–H and O–H groups in total. The Bertz CT molecular complexity index is 208. The molecule has 1 rings (SSSR count). The third kappa shape index (κ3) is 5.50. The fourth-order valence-corrected chi connectivity index (χ4v) is 2.04. The minimum Gasteiger partial charge on any atom is -0.387 e. The number of nitrogens with two attached hydrogens (primary N) is 1. The minimum absolute atomic E-state index is 0.566. The molecule has 3 heteroatoms. The molecule has 16 heavy (non-hydrogen) atoms. The van der Waals surface area contributed by atoms with Crippen LogP contribution in [0, 0.1) is 11.8 Å². The van der Waals surface area contributed by atoms with E-state index < -0.39 is 0 Å². The van der Waals surface area contributed by atoms with Crippen LogP contribution < -0.4 is 5.73 Å². The summed E-state index contributed by atoms with van der Waals surface area (Å²) in [4.78, 5) is 4.44. The summed E-state index contributed by atoms with van der Waals surface area (Å²) in [5.74, 6) is 2.06. The van der Waals surface area contributed by atoms with E-state index in [2.05, 4.69) is 18.8 Å². The molecule has 1 fully saturated rings. The molecule has 0 aromatic rings. The molecule has 1 aliphatic carbocycles. The number of aliphatic imine (C=N–C) groups is 1. The largest absolute Gasteiger partial charge is 0.387 e. The van der Waals surface area contributed by atoms with E-state index in [1.54, 1.807) is 0 Å². The van der Waals surface area contributed by atoms with Crippen molar-refractivity contribution in [3.63, 3.8) is 0 Å². The lowest BCUT2D eigenvalue weighted by molar-refractivity contribution is 0.109. The van der Waals surface area contributed by atoms with Gasteiger partial charge in [0.2, 0.25) is 0 Å². The zero-order chi connectivity index (χ0) is 11.8. The Morgan fingerprint density at radius 3 is 2.69 bits per heavy atom. The molecule has 0 radical (unpaired) electrons. The average molecular weight is 226 g/mol. The standard InChI is InChI=1S/C13H26N2O/c1-11(2)10-16-9-5-8-15-13(14)12-6-3-4-7-12/h11-12H,3-10H2,1-2H3,(H2,14,15). The van der Waals surface area contributed by atoms with Gasteiger partial charge in [-0.2, -0.15) is 0 Å². The molecule has 0 heterocycles. The Hall–Kier alpha value is -0.570. The number of hydrogen-bond donors (Lipinski definition) is 1. The molecule has 0 aromatic heterocycles. The molecule has 0 spiro atoms. The van der Waals surface area contributed by atoms with Crippen molar-refractivity contribution in [2.24, 2.45) is 22.6 Å². The van der Waals surface area contributed by atoms with Crippen molar-refractivity contribution in [3.8, 4) is 0 Å². The summed E-state index contributed by atoms with van der Waals surface area (Å²) in [5, 5.41) is 0. The summed E-state index contributed by atoms with van der Waals surface area (Å²) >= 11 is 0. The predicted molar refractivity (Wildman–Crippen MR) is 68.7 cm³/mol. The molecule has 0 amide bonds. The molecule has 0 bridgehead atoms. The molecule has 0 aliphatic heterocycles. The van der Waals surface area contributed by atoms with E-state index in [-0.39, 0.29) is 0 Å². The third-order valence-corrected chi connectivity index (χ3v) is 2.97. The van der Waals surface area contributed by atoms with Crippen LogP contribution >= 0.6 is 0 Å². The van der Waals surface area contributed by atoms with Crippen molar-refractivity contribution < 1.29 is 4.74 Å². The minimum atomic E-state index is 0.566. The lowest BCUT2D eigenvalue weighted by Gasteiger charge is -2.08. The van der Waals surface area contributed by atoms with Crippen LogP contribution in [0.2, 0.25) is 0 Å². The van der Waals surface area contributed by atoms with Crippen molar-refractivity contribution in [1.29, 1.82) is 0 Å². The van der Waals surface area contributed by atoms with Gasteiger partial charge in [-0.1, -0.05) is 26.7 Å². The lowest BCUT2D eigenvalue weighted by Crippen LogP contribution is -2.21. The zero-order valence-electron chi connectivity index (χ0n) is 10.7. The summed E-state index contributed by atoms with van der Waals surface area (Å²) in [6, 6.07) is 0. The van der Waals surface area contributed by atoms with Gasteiger partial charge in [-0.25, -0.2) is 0 Å². The van der Waals surface area contributed by atoms with Crippen molar-refractivity contribution >= 4 is 5.84 Å². The number of amidine groups is 1. The molecule has 0 aromatic carbocycles. The fourth-order valence-electron chi connectivity index (χ4n) is 2.04. The predicted octanol–water partition coefficient (Wildman–Crippen LogP) is 2.60. The lowest BCUT2D eigenvalue weighted by atomic mass is 10.1. The maximum absolute atomic E-state index is 5.95. The molecular weight excluding hydrogens is 200 g/mol. The summed E-state index contributed by atoms with van der Waals surface area (Å²) in [6.07, 6.45) is 6.09. The van der Waals surface area contributed by atoms with Gasteiger partial charge < -0.3 is 10.5 Å². The van der Waals surface area contributed by atoms with Crippen molar-refractivity contribution in [2.75, 3.05) is 19.8 Å². The smallest absolute Gasteiger partial charge is 0.0968 e. The van der Waals surface area contributed by atoms with Crippen LogP contribution in [0.1, 0.15) is 46.0 Å². The van der Waals surface area contributed by atoms with Crippen LogP contribution in [0.25, 0.3) is 0 Å². The first kappa shape index (κ1) is 13.5. The van der Waals surface area contributed by atoms with E-state index in [0.717, 1.165) is 32.0 Å². The second kappa shape index (κ2) is 7.66. The highest BCUT2D eigenvalue weighted by Crippen LogP contribution is 2.24. The molecule has 1 aliphatic rings. The van der Waals surface area contributed by atoms with Crippen molar-refractivity contribution in [2.45, 2.75) is 46.0 Å². The van der Waals surface area contributed by atoms with E-state index in [0.29, 0.717) is 11.8 Å². The van der Waals surface area contributed by atoms with Gasteiger partial charge in [-0.15, -0.1) is 0 Å². The highest BCUT2D eigenvalue weighted by atomic mass is 16.5. The molecular formula is C13H26N2O. The van der Waals surface area contributed by atoms with E-state index in [4.69, 9.17) is 10.5 Å². The van der Waals surface area contributed by atoms with Crippen LogP contribution in [0.4, 0.5) is 0 Å². The van der Waals surface area contributed by atoms with E-state index in [1.807, 2.05) is 0 Å². The fraction of sp³-hybridized carbons (Fsp3) is 0.923. The molecule has 1 saturated carbocycles. The third-order valence-electron chi connectivity index (χ3n) is 2.97. The Morgan fingerprint density at radius 1 is 1.38 bits per heavy atom. The van der Waals surface area contributed by atoms with Crippen molar-refractivity contribution in [1.82, 2.24) is 0 Å². The molecule has 3 nitrogen and oxygen atoms in total. The molecule has 0 unspecified atom stereocenters. The summed E-state index contributed by atoms with van der Waals surface area (Å²) in [6.45, 7) is 6.80. The first-order valence-corrected chi connectivity index (χ1v) is 6.57. The van der Waals surface area contributed by atoms with Gasteiger partial charge >= 0.3 is 0 Å². The summed E-state index contributed by atoms with van der Waals surface area (Å²) in [7, 11) is 0. The Morgan fingerprint density at radius 2 is 2.06 bits per heavy atom. The second-order valence-corrected chi connectivity index (χ2v) is 5.11. The highest BCUT2D eigenvalue weighted by molar-refractivity contribution is 5.83. The Balaban J connectivity index is 2.02. The molecule has 0 saturated heterocycles. The Labute approximate surface area is 99.5 Å². The second-order valence-electron chi connectivity index (χ2n) is 5.11. The van der Waals surface area contributed by atoms with E-state index in [1.165, 1.54) is 25.7 Å². The molecule has 0 atom stereocenters. The van der Waals surface area contributed by atoms with Gasteiger partial charge in [-0.3, -0.25) is 4.99 Å². The van der Waals surface area contributed by atoms with Crippen LogP contribution in [0.3, 0.4) is 0 Å². The number of nitrogens with zero attached hydrogens (tertiary/aromatic N) is 1. The first-order valence-electron chi connectivity index (χ1n) is 6.57. The van der Waals surface area contributed by atoms with Crippen LogP contribution in [0.5, 0.6) is 0 Å². The Kier molecular flexibility index (Phi) is 6.46. The van der Waals surface area contributed by atoms with Gasteiger partial charge in [0.25, 0.3) is 0 Å². The van der Waals surface area contributed by atoms with Gasteiger partial charge in [0.15, 0.2) is 0 Å². The van der Waals surface area contributed by atoms with Crippen LogP contribution in [0.15, 0.2) is 4.99 Å². The highest BCUT2D eigenvalue weighted by Gasteiger charge is 2.17. The van der Waals surface area contributed by atoms with Crippen molar-refractivity contribution in [3.05, 3.63) is 0 Å². The van der Waals surface area contributed by atoms with E-state index >= 15 is 0 Å². The zero-order valence-corrected chi connectivity index (χ0v) is 10.7. The monoisotopic (exact) mass is 226 g/mol. The number of ether oxygens (including phenoxy) is 1. The van der Waals surface area contributed by atoms with E-state index in [9.17, 15) is 0 Å². The van der Waals surface area contributed by atoms with Gasteiger partial charge in [0.1, 0.15) is 0 Å². The quantitative estimate of drug-likeness (QED) is 0.412. The maximum Gasteiger partial charge on any atom is 0.0968 e. The van der Waals surface area contributed by atoms with Crippen LogP contribution in [-0.4, -0.2) is 25.6 Å². The summed E-state index contributed by atoms with van der Waals surface area (Å²) in [5.41, 5.74) is 5.95. The normalized spacial score (nSPS) is 18.6. The molecule has 94 valence electrons. The maximum atomic E-state index is 5.95. The number of hydrogen-bond acceptors (Lipinski definition) is 2. The number of rotatable bonds is 7.